The normalized spacial score (nSPS) is 10.3. The van der Waals surface area contributed by atoms with E-state index in [-0.39, 0.29) is 6.61 Å². The van der Waals surface area contributed by atoms with Gasteiger partial charge in [0, 0.05) is 11.3 Å². The van der Waals surface area contributed by atoms with Gasteiger partial charge < -0.3 is 9.84 Å². The lowest BCUT2D eigenvalue weighted by Crippen LogP contribution is -2.23. The Kier molecular flexibility index (Phi) is 5.55. The number of sulfonamides is 1. The monoisotopic (exact) mass is 297 g/mol. The SMILES string of the molecule is COC(=O)CS(=O)(=O)Nc1ccc(C#CCO)c(C)c1. The van der Waals surface area contributed by atoms with Gasteiger partial charge >= 0.3 is 5.97 Å². The fourth-order valence-electron chi connectivity index (χ4n) is 1.43. The van der Waals surface area contributed by atoms with Gasteiger partial charge in [-0.25, -0.2) is 8.42 Å². The van der Waals surface area contributed by atoms with Crippen molar-refractivity contribution in [2.24, 2.45) is 0 Å². The molecule has 6 nitrogen and oxygen atoms in total. The molecule has 0 atom stereocenters. The summed E-state index contributed by atoms with van der Waals surface area (Å²) in [5.74, 6) is 3.68. The molecule has 1 aromatic rings. The molecule has 0 aliphatic heterocycles. The van der Waals surface area contributed by atoms with Crippen LogP contribution in [0.5, 0.6) is 0 Å². The lowest BCUT2D eigenvalue weighted by molar-refractivity contribution is -0.137. The van der Waals surface area contributed by atoms with Crippen molar-refractivity contribution in [2.45, 2.75) is 6.92 Å². The summed E-state index contributed by atoms with van der Waals surface area (Å²) in [6.45, 7) is 1.52. The smallest absolute Gasteiger partial charge is 0.322 e. The average Bonchev–Trinajstić information content (AvgIpc) is 2.36. The van der Waals surface area contributed by atoms with Gasteiger partial charge in [0.2, 0.25) is 10.0 Å². The lowest BCUT2D eigenvalue weighted by Gasteiger charge is -2.08. The number of anilines is 1. The fourth-order valence-corrected chi connectivity index (χ4v) is 2.42. The zero-order chi connectivity index (χ0) is 15.2. The second-order valence-electron chi connectivity index (χ2n) is 3.93. The van der Waals surface area contributed by atoms with Gasteiger partial charge in [0.15, 0.2) is 5.75 Å². The Hall–Kier alpha value is -2.04. The molecular weight excluding hydrogens is 282 g/mol. The van der Waals surface area contributed by atoms with Gasteiger partial charge in [0.05, 0.1) is 7.11 Å². The highest BCUT2D eigenvalue weighted by atomic mass is 32.2. The third-order valence-corrected chi connectivity index (χ3v) is 3.50. The number of carbonyl (C=O) groups is 1. The predicted octanol–water partition coefficient (Wildman–Crippen LogP) is 0.254. The molecule has 1 rings (SSSR count). The standard InChI is InChI=1S/C13H15NO5S/c1-10-8-12(6-5-11(10)4-3-7-15)14-20(17,18)9-13(16)19-2/h5-6,8,14-15H,7,9H2,1-2H3. The molecule has 7 heteroatoms. The van der Waals surface area contributed by atoms with E-state index in [9.17, 15) is 13.2 Å². The van der Waals surface area contributed by atoms with Crippen LogP contribution in [-0.2, 0) is 19.6 Å². The van der Waals surface area contributed by atoms with Crippen molar-refractivity contribution in [1.29, 1.82) is 0 Å². The third kappa shape index (κ3) is 4.91. The number of benzene rings is 1. The van der Waals surface area contributed by atoms with Gasteiger partial charge in [0.25, 0.3) is 0 Å². The van der Waals surface area contributed by atoms with E-state index in [2.05, 4.69) is 21.3 Å². The summed E-state index contributed by atoms with van der Waals surface area (Å²) in [6, 6.07) is 4.76. The number of hydrogen-bond donors (Lipinski definition) is 2. The molecule has 0 fully saturated rings. The van der Waals surface area contributed by atoms with Crippen molar-refractivity contribution in [3.8, 4) is 11.8 Å². The maximum absolute atomic E-state index is 11.7. The number of aliphatic hydroxyl groups is 1. The maximum Gasteiger partial charge on any atom is 0.322 e. The van der Waals surface area contributed by atoms with Gasteiger partial charge in [0.1, 0.15) is 6.61 Å². The molecule has 1 aromatic carbocycles. The first-order valence-electron chi connectivity index (χ1n) is 5.65. The quantitative estimate of drug-likeness (QED) is 0.614. The number of aliphatic hydroxyl groups excluding tert-OH is 1. The van der Waals surface area contributed by atoms with Crippen molar-refractivity contribution >= 4 is 21.7 Å². The number of carbonyl (C=O) groups excluding carboxylic acids is 1. The molecule has 0 saturated heterocycles. The van der Waals surface area contributed by atoms with Crippen molar-refractivity contribution < 1.29 is 23.1 Å². The van der Waals surface area contributed by atoms with Crippen LogP contribution in [0.25, 0.3) is 0 Å². The van der Waals surface area contributed by atoms with Crippen LogP contribution >= 0.6 is 0 Å². The van der Waals surface area contributed by atoms with E-state index in [1.807, 2.05) is 0 Å². The summed E-state index contributed by atoms with van der Waals surface area (Å²) in [5.41, 5.74) is 1.78. The van der Waals surface area contributed by atoms with Crippen molar-refractivity contribution in [3.63, 3.8) is 0 Å². The molecule has 0 amide bonds. The minimum atomic E-state index is -3.79. The summed E-state index contributed by atoms with van der Waals surface area (Å²) >= 11 is 0. The Balaban J connectivity index is 2.89. The fraction of sp³-hybridized carbons (Fsp3) is 0.308. The molecule has 108 valence electrons. The molecule has 0 aliphatic carbocycles. The Morgan fingerprint density at radius 1 is 1.45 bits per heavy atom. The third-order valence-electron chi connectivity index (χ3n) is 2.34. The number of ether oxygens (including phenoxy) is 1. The van der Waals surface area contributed by atoms with E-state index < -0.39 is 21.7 Å². The van der Waals surface area contributed by atoms with E-state index in [1.54, 1.807) is 19.1 Å². The van der Waals surface area contributed by atoms with Gasteiger partial charge in [-0.1, -0.05) is 11.8 Å². The van der Waals surface area contributed by atoms with E-state index in [0.29, 0.717) is 11.3 Å². The van der Waals surface area contributed by atoms with Gasteiger partial charge in [-0.2, -0.15) is 0 Å². The highest BCUT2D eigenvalue weighted by molar-refractivity contribution is 7.93. The molecule has 0 bridgehead atoms. The largest absolute Gasteiger partial charge is 0.468 e. The van der Waals surface area contributed by atoms with Crippen LogP contribution in [0.1, 0.15) is 11.1 Å². The Morgan fingerprint density at radius 2 is 2.15 bits per heavy atom. The Morgan fingerprint density at radius 3 is 2.70 bits per heavy atom. The summed E-state index contributed by atoms with van der Waals surface area (Å²) in [6.07, 6.45) is 0. The number of nitrogens with one attached hydrogen (secondary N) is 1. The Bertz CT molecular complexity index is 655. The highest BCUT2D eigenvalue weighted by Crippen LogP contribution is 2.15. The number of aryl methyl sites for hydroxylation is 1. The van der Waals surface area contributed by atoms with Crippen molar-refractivity contribution in [2.75, 3.05) is 24.2 Å². The summed E-state index contributed by atoms with van der Waals surface area (Å²) in [4.78, 5) is 11.0. The van der Waals surface area contributed by atoms with Crippen LogP contribution in [0.2, 0.25) is 0 Å². The molecule has 2 N–H and O–H groups in total. The average molecular weight is 297 g/mol. The van der Waals surface area contributed by atoms with E-state index in [4.69, 9.17) is 5.11 Å². The second-order valence-corrected chi connectivity index (χ2v) is 5.65. The highest BCUT2D eigenvalue weighted by Gasteiger charge is 2.17. The van der Waals surface area contributed by atoms with Crippen LogP contribution in [0.15, 0.2) is 18.2 Å². The molecule has 0 spiro atoms. The molecule has 0 aromatic heterocycles. The zero-order valence-electron chi connectivity index (χ0n) is 11.1. The van der Waals surface area contributed by atoms with Crippen LogP contribution in [0, 0.1) is 18.8 Å². The van der Waals surface area contributed by atoms with Crippen LogP contribution in [0.3, 0.4) is 0 Å². The number of methoxy groups -OCH3 is 1. The van der Waals surface area contributed by atoms with Crippen LogP contribution < -0.4 is 4.72 Å². The zero-order valence-corrected chi connectivity index (χ0v) is 12.0. The van der Waals surface area contributed by atoms with Gasteiger partial charge in [-0.3, -0.25) is 9.52 Å². The van der Waals surface area contributed by atoms with E-state index in [1.165, 1.54) is 6.07 Å². The molecule has 0 heterocycles. The molecule has 0 saturated carbocycles. The molecular formula is C13H15NO5S. The first-order valence-corrected chi connectivity index (χ1v) is 7.31. The molecule has 0 aliphatic rings. The molecule has 20 heavy (non-hydrogen) atoms. The number of rotatable bonds is 4. The van der Waals surface area contributed by atoms with Gasteiger partial charge in [-0.15, -0.1) is 0 Å². The van der Waals surface area contributed by atoms with Crippen LogP contribution in [-0.4, -0.2) is 39.0 Å². The minimum Gasteiger partial charge on any atom is -0.468 e. The van der Waals surface area contributed by atoms with Crippen molar-refractivity contribution in [3.05, 3.63) is 29.3 Å². The maximum atomic E-state index is 11.7. The second kappa shape index (κ2) is 6.93. The number of esters is 1. The summed E-state index contributed by atoms with van der Waals surface area (Å²) in [7, 11) is -2.67. The van der Waals surface area contributed by atoms with E-state index in [0.717, 1.165) is 12.7 Å². The van der Waals surface area contributed by atoms with Crippen molar-refractivity contribution in [1.82, 2.24) is 0 Å². The summed E-state index contributed by atoms with van der Waals surface area (Å²) in [5, 5.41) is 8.62. The molecule has 0 radical (unpaired) electrons. The van der Waals surface area contributed by atoms with E-state index >= 15 is 0 Å². The number of hydrogen-bond acceptors (Lipinski definition) is 5. The topological polar surface area (TPSA) is 92.7 Å². The minimum absolute atomic E-state index is 0.243. The molecule has 0 unspecified atom stereocenters. The summed E-state index contributed by atoms with van der Waals surface area (Å²) < 4.78 is 29.9. The predicted molar refractivity (Wildman–Crippen MR) is 74.6 cm³/mol. The Labute approximate surface area is 117 Å². The van der Waals surface area contributed by atoms with Crippen LogP contribution in [0.4, 0.5) is 5.69 Å². The first-order chi connectivity index (χ1) is 9.38. The van der Waals surface area contributed by atoms with Gasteiger partial charge in [-0.05, 0) is 30.7 Å². The lowest BCUT2D eigenvalue weighted by atomic mass is 10.1. The first kappa shape index (κ1) is 16.0.